The van der Waals surface area contributed by atoms with E-state index in [1.165, 1.54) is 7.11 Å². The highest BCUT2D eigenvalue weighted by atomic mass is 16.5. The van der Waals surface area contributed by atoms with Crippen molar-refractivity contribution in [1.29, 1.82) is 0 Å². The van der Waals surface area contributed by atoms with Crippen molar-refractivity contribution in [3.8, 4) is 5.82 Å². The molecule has 0 unspecified atom stereocenters. The van der Waals surface area contributed by atoms with Gasteiger partial charge in [-0.1, -0.05) is 18.2 Å². The van der Waals surface area contributed by atoms with Crippen LogP contribution in [0.4, 0.5) is 10.5 Å². The van der Waals surface area contributed by atoms with Gasteiger partial charge in [-0.3, -0.25) is 10.1 Å². The molecule has 28 heavy (non-hydrogen) atoms. The molecule has 144 valence electrons. The Bertz CT molecular complexity index is 979. The van der Waals surface area contributed by atoms with Gasteiger partial charge in [0.05, 0.1) is 12.7 Å². The Labute approximate surface area is 163 Å². The number of nitrogens with zero attached hydrogens (tertiary/aromatic N) is 2. The summed E-state index contributed by atoms with van der Waals surface area (Å²) < 4.78 is 6.51. The summed E-state index contributed by atoms with van der Waals surface area (Å²) in [5, 5.41) is 5.52. The third kappa shape index (κ3) is 4.20. The summed E-state index contributed by atoms with van der Waals surface area (Å²) in [6.07, 6.45) is 1.21. The molecule has 0 spiro atoms. The maximum absolute atomic E-state index is 12.7. The molecule has 0 fully saturated rings. The van der Waals surface area contributed by atoms with Crippen LogP contribution < -0.4 is 10.6 Å². The number of pyridine rings is 1. The number of hydrogen-bond acceptors (Lipinski definition) is 4. The summed E-state index contributed by atoms with van der Waals surface area (Å²) in [5.74, 6) is 0.636. The van der Waals surface area contributed by atoms with Gasteiger partial charge in [0.15, 0.2) is 0 Å². The van der Waals surface area contributed by atoms with Crippen LogP contribution in [0.1, 0.15) is 27.3 Å². The van der Waals surface area contributed by atoms with Crippen molar-refractivity contribution in [2.24, 2.45) is 0 Å². The number of rotatable bonds is 5. The maximum atomic E-state index is 12.7. The highest BCUT2D eigenvalue weighted by Gasteiger charge is 2.17. The van der Waals surface area contributed by atoms with Gasteiger partial charge in [0, 0.05) is 29.8 Å². The number of aryl methyl sites for hydroxylation is 1. The Balaban J connectivity index is 1.68. The fraction of sp³-hybridized carbons (Fsp3) is 0.190. The normalized spacial score (nSPS) is 10.4. The van der Waals surface area contributed by atoms with E-state index in [2.05, 4.69) is 20.4 Å². The Hall–Kier alpha value is -3.61. The standard InChI is InChI=1S/C21H22N4O3/c1-14-12-18(15(2)25(14)19-6-4-5-11-22-19)20(26)23-13-16-7-9-17(10-8-16)24-21(27)28-3/h4-12H,13H2,1-3H3,(H,23,26)(H,24,27). The number of aromatic nitrogens is 2. The van der Waals surface area contributed by atoms with Gasteiger partial charge < -0.3 is 14.6 Å². The van der Waals surface area contributed by atoms with Crippen molar-refractivity contribution in [3.05, 3.63) is 77.2 Å². The lowest BCUT2D eigenvalue weighted by atomic mass is 10.2. The van der Waals surface area contributed by atoms with Crippen LogP contribution in [-0.2, 0) is 11.3 Å². The second-order valence-electron chi connectivity index (χ2n) is 6.30. The number of carbonyl (C=O) groups excluding carboxylic acids is 2. The highest BCUT2D eigenvalue weighted by Crippen LogP contribution is 2.19. The Morgan fingerprint density at radius 2 is 1.86 bits per heavy atom. The van der Waals surface area contributed by atoms with E-state index in [4.69, 9.17) is 0 Å². The second kappa shape index (κ2) is 8.39. The van der Waals surface area contributed by atoms with Crippen molar-refractivity contribution in [2.45, 2.75) is 20.4 Å². The molecule has 0 radical (unpaired) electrons. The predicted molar refractivity (Wildman–Crippen MR) is 107 cm³/mol. The minimum absolute atomic E-state index is 0.146. The zero-order valence-corrected chi connectivity index (χ0v) is 16.0. The lowest BCUT2D eigenvalue weighted by molar-refractivity contribution is 0.0950. The predicted octanol–water partition coefficient (Wildman–Crippen LogP) is 3.60. The van der Waals surface area contributed by atoms with Crippen molar-refractivity contribution in [2.75, 3.05) is 12.4 Å². The zero-order valence-electron chi connectivity index (χ0n) is 16.0. The maximum Gasteiger partial charge on any atom is 0.411 e. The van der Waals surface area contributed by atoms with E-state index >= 15 is 0 Å². The van der Waals surface area contributed by atoms with E-state index in [-0.39, 0.29) is 5.91 Å². The molecular weight excluding hydrogens is 356 g/mol. The van der Waals surface area contributed by atoms with Gasteiger partial charge in [0.25, 0.3) is 5.91 Å². The summed E-state index contributed by atoms with van der Waals surface area (Å²) >= 11 is 0. The molecule has 1 aromatic carbocycles. The first-order chi connectivity index (χ1) is 13.5. The van der Waals surface area contributed by atoms with Gasteiger partial charge in [-0.2, -0.15) is 0 Å². The van der Waals surface area contributed by atoms with E-state index in [0.717, 1.165) is 22.8 Å². The smallest absolute Gasteiger partial charge is 0.411 e. The van der Waals surface area contributed by atoms with Crippen molar-refractivity contribution in [3.63, 3.8) is 0 Å². The minimum atomic E-state index is -0.524. The SMILES string of the molecule is COC(=O)Nc1ccc(CNC(=O)c2cc(C)n(-c3ccccn3)c2C)cc1. The number of anilines is 1. The third-order valence-corrected chi connectivity index (χ3v) is 4.39. The first kappa shape index (κ1) is 19.2. The van der Waals surface area contributed by atoms with Crippen molar-refractivity contribution >= 4 is 17.7 Å². The van der Waals surface area contributed by atoms with Gasteiger partial charge in [-0.25, -0.2) is 9.78 Å². The topological polar surface area (TPSA) is 85.3 Å². The van der Waals surface area contributed by atoms with E-state index in [9.17, 15) is 9.59 Å². The van der Waals surface area contributed by atoms with Gasteiger partial charge in [0.1, 0.15) is 5.82 Å². The monoisotopic (exact) mass is 378 g/mol. The van der Waals surface area contributed by atoms with E-state index in [0.29, 0.717) is 17.8 Å². The Morgan fingerprint density at radius 1 is 1.11 bits per heavy atom. The molecule has 0 aliphatic rings. The second-order valence-corrected chi connectivity index (χ2v) is 6.30. The molecule has 7 heteroatoms. The van der Waals surface area contributed by atoms with Crippen LogP contribution in [-0.4, -0.2) is 28.7 Å². The minimum Gasteiger partial charge on any atom is -0.453 e. The van der Waals surface area contributed by atoms with Crippen LogP contribution in [0.15, 0.2) is 54.7 Å². The van der Waals surface area contributed by atoms with Gasteiger partial charge in [-0.15, -0.1) is 0 Å². The molecule has 0 aliphatic carbocycles. The van der Waals surface area contributed by atoms with E-state index in [1.54, 1.807) is 18.3 Å². The molecule has 0 bridgehead atoms. The lowest BCUT2D eigenvalue weighted by Crippen LogP contribution is -2.23. The summed E-state index contributed by atoms with van der Waals surface area (Å²) in [6.45, 7) is 4.24. The third-order valence-electron chi connectivity index (χ3n) is 4.39. The van der Waals surface area contributed by atoms with Crippen LogP contribution in [0.3, 0.4) is 0 Å². The first-order valence-corrected chi connectivity index (χ1v) is 8.82. The number of ether oxygens (including phenoxy) is 1. The average molecular weight is 378 g/mol. The number of amides is 2. The van der Waals surface area contributed by atoms with Crippen LogP contribution >= 0.6 is 0 Å². The van der Waals surface area contributed by atoms with E-state index in [1.807, 2.05) is 54.8 Å². The fourth-order valence-corrected chi connectivity index (χ4v) is 2.98. The van der Waals surface area contributed by atoms with Gasteiger partial charge >= 0.3 is 6.09 Å². The zero-order chi connectivity index (χ0) is 20.1. The van der Waals surface area contributed by atoms with Crippen LogP contribution in [0.25, 0.3) is 5.82 Å². The molecule has 0 atom stereocenters. The molecule has 2 heterocycles. The fourth-order valence-electron chi connectivity index (χ4n) is 2.98. The van der Waals surface area contributed by atoms with E-state index < -0.39 is 6.09 Å². The average Bonchev–Trinajstić information content (AvgIpc) is 3.02. The number of methoxy groups -OCH3 is 1. The summed E-state index contributed by atoms with van der Waals surface area (Å²) in [7, 11) is 1.31. The number of nitrogens with one attached hydrogen (secondary N) is 2. The number of benzene rings is 1. The molecule has 3 aromatic rings. The molecule has 7 nitrogen and oxygen atoms in total. The first-order valence-electron chi connectivity index (χ1n) is 8.82. The number of carbonyl (C=O) groups is 2. The molecule has 0 aliphatic heterocycles. The van der Waals surface area contributed by atoms with Crippen LogP contribution in [0.2, 0.25) is 0 Å². The van der Waals surface area contributed by atoms with Crippen LogP contribution in [0, 0.1) is 13.8 Å². The van der Waals surface area contributed by atoms with Gasteiger partial charge in [-0.05, 0) is 49.7 Å². The molecular formula is C21H22N4O3. The number of hydrogen-bond donors (Lipinski definition) is 2. The van der Waals surface area contributed by atoms with Gasteiger partial charge in [0.2, 0.25) is 0 Å². The Morgan fingerprint density at radius 3 is 2.50 bits per heavy atom. The highest BCUT2D eigenvalue weighted by molar-refractivity contribution is 5.95. The van der Waals surface area contributed by atoms with Crippen LogP contribution in [0.5, 0.6) is 0 Å². The molecule has 3 rings (SSSR count). The summed E-state index contributed by atoms with van der Waals surface area (Å²) in [5.41, 5.74) is 3.95. The molecule has 2 amide bonds. The molecule has 2 N–H and O–H groups in total. The Kier molecular flexibility index (Phi) is 5.74. The summed E-state index contributed by atoms with van der Waals surface area (Å²) in [4.78, 5) is 28.2. The molecule has 0 saturated heterocycles. The lowest BCUT2D eigenvalue weighted by Gasteiger charge is -2.09. The molecule has 2 aromatic heterocycles. The quantitative estimate of drug-likeness (QED) is 0.710. The summed E-state index contributed by atoms with van der Waals surface area (Å²) in [6, 6.07) is 14.7. The molecule has 0 saturated carbocycles. The largest absolute Gasteiger partial charge is 0.453 e. The van der Waals surface area contributed by atoms with Crippen molar-refractivity contribution < 1.29 is 14.3 Å². The van der Waals surface area contributed by atoms with Crippen molar-refractivity contribution in [1.82, 2.24) is 14.9 Å².